The van der Waals surface area contributed by atoms with Gasteiger partial charge in [0.1, 0.15) is 5.82 Å². The molecule has 0 aliphatic carbocycles. The van der Waals surface area contributed by atoms with Crippen LogP contribution in [-0.4, -0.2) is 34.3 Å². The summed E-state index contributed by atoms with van der Waals surface area (Å²) < 4.78 is 2.27. The number of aromatic nitrogens is 2. The average molecular weight is 385 g/mol. The van der Waals surface area contributed by atoms with E-state index in [1.165, 1.54) is 25.3 Å². The number of carbonyl (C=O) groups excluding carboxylic acids is 1. The van der Waals surface area contributed by atoms with Crippen LogP contribution in [0.15, 0.2) is 36.4 Å². The average Bonchev–Trinajstić information content (AvgIpc) is 3.06. The van der Waals surface area contributed by atoms with E-state index < -0.39 is 5.91 Å². The summed E-state index contributed by atoms with van der Waals surface area (Å²) in [4.78, 5) is 16.0. The predicted molar refractivity (Wildman–Crippen MR) is 114 cm³/mol. The van der Waals surface area contributed by atoms with Crippen LogP contribution in [0.3, 0.4) is 0 Å². The number of imidazole rings is 1. The number of carbonyl (C=O) groups is 1. The van der Waals surface area contributed by atoms with Crippen molar-refractivity contribution >= 4 is 23.0 Å². The van der Waals surface area contributed by atoms with Crippen LogP contribution in [0, 0.1) is 0 Å². The zero-order valence-electron chi connectivity index (χ0n) is 16.9. The summed E-state index contributed by atoms with van der Waals surface area (Å²) in [6.45, 7) is 3.97. The SMILES string of the molecule is CCCCCC=CCCc1nc2cc(/C=C/C(=O)NO)ccc2n1CCNC. The summed E-state index contributed by atoms with van der Waals surface area (Å²) in [5.74, 6) is 0.531. The second-order valence-corrected chi connectivity index (χ2v) is 6.85. The fraction of sp³-hybridized carbons (Fsp3) is 0.455. The molecule has 0 radical (unpaired) electrons. The Morgan fingerprint density at radius 3 is 2.82 bits per heavy atom. The van der Waals surface area contributed by atoms with Gasteiger partial charge in [0.25, 0.3) is 5.91 Å². The maximum Gasteiger partial charge on any atom is 0.267 e. The summed E-state index contributed by atoms with van der Waals surface area (Å²) >= 11 is 0. The van der Waals surface area contributed by atoms with Crippen LogP contribution in [0.4, 0.5) is 0 Å². The molecule has 2 aromatic rings. The van der Waals surface area contributed by atoms with Gasteiger partial charge in [-0.15, -0.1) is 0 Å². The molecule has 1 heterocycles. The van der Waals surface area contributed by atoms with Crippen molar-refractivity contribution in [3.05, 3.63) is 47.8 Å². The lowest BCUT2D eigenvalue weighted by Gasteiger charge is -2.08. The van der Waals surface area contributed by atoms with Crippen molar-refractivity contribution in [2.75, 3.05) is 13.6 Å². The number of fused-ring (bicyclic) bond motifs is 1. The van der Waals surface area contributed by atoms with Crippen molar-refractivity contribution in [1.29, 1.82) is 0 Å². The molecule has 152 valence electrons. The Balaban J connectivity index is 2.13. The third-order valence-corrected chi connectivity index (χ3v) is 4.65. The molecule has 0 bridgehead atoms. The van der Waals surface area contributed by atoms with Gasteiger partial charge in [0, 0.05) is 25.6 Å². The molecule has 6 nitrogen and oxygen atoms in total. The first-order valence-electron chi connectivity index (χ1n) is 10.1. The number of likely N-dealkylation sites (N-methyl/N-ethyl adjacent to an activating group) is 1. The first-order valence-corrected chi connectivity index (χ1v) is 10.1. The fourth-order valence-corrected chi connectivity index (χ4v) is 3.13. The van der Waals surface area contributed by atoms with E-state index in [1.54, 1.807) is 11.6 Å². The molecule has 0 saturated heterocycles. The number of amides is 1. The Morgan fingerprint density at radius 2 is 2.07 bits per heavy atom. The van der Waals surface area contributed by atoms with Crippen LogP contribution < -0.4 is 10.8 Å². The van der Waals surface area contributed by atoms with E-state index in [1.807, 2.05) is 25.2 Å². The number of hydroxylamine groups is 1. The molecular weight excluding hydrogens is 352 g/mol. The number of hydrogen-bond acceptors (Lipinski definition) is 4. The highest BCUT2D eigenvalue weighted by molar-refractivity contribution is 5.91. The Kier molecular flexibility index (Phi) is 9.45. The van der Waals surface area contributed by atoms with Gasteiger partial charge in [-0.05, 0) is 50.1 Å². The monoisotopic (exact) mass is 384 g/mol. The maximum absolute atomic E-state index is 11.2. The van der Waals surface area contributed by atoms with Crippen LogP contribution in [0.1, 0.15) is 50.4 Å². The lowest BCUT2D eigenvalue weighted by atomic mass is 10.2. The summed E-state index contributed by atoms with van der Waals surface area (Å²) in [7, 11) is 1.95. The molecule has 0 spiro atoms. The molecule has 0 unspecified atom stereocenters. The lowest BCUT2D eigenvalue weighted by Crippen LogP contribution is -2.16. The van der Waals surface area contributed by atoms with Crippen LogP contribution in [0.25, 0.3) is 17.1 Å². The highest BCUT2D eigenvalue weighted by atomic mass is 16.5. The largest absolute Gasteiger partial charge is 0.327 e. The maximum atomic E-state index is 11.2. The number of allylic oxidation sites excluding steroid dienone is 2. The quantitative estimate of drug-likeness (QED) is 0.171. The van der Waals surface area contributed by atoms with Crippen LogP contribution in [0.2, 0.25) is 0 Å². The number of aryl methyl sites for hydroxylation is 1. The summed E-state index contributed by atoms with van der Waals surface area (Å²) in [6.07, 6.45) is 14.4. The van der Waals surface area contributed by atoms with E-state index in [-0.39, 0.29) is 0 Å². The van der Waals surface area contributed by atoms with Gasteiger partial charge in [-0.25, -0.2) is 10.5 Å². The van der Waals surface area contributed by atoms with Crippen LogP contribution >= 0.6 is 0 Å². The molecule has 0 saturated carbocycles. The summed E-state index contributed by atoms with van der Waals surface area (Å²) in [5, 5.41) is 11.8. The van der Waals surface area contributed by atoms with Gasteiger partial charge in [-0.1, -0.05) is 38.0 Å². The van der Waals surface area contributed by atoms with Crippen molar-refractivity contribution in [2.24, 2.45) is 0 Å². The van der Waals surface area contributed by atoms with Crippen molar-refractivity contribution in [3.63, 3.8) is 0 Å². The number of nitrogens with one attached hydrogen (secondary N) is 2. The number of rotatable bonds is 12. The third-order valence-electron chi connectivity index (χ3n) is 4.65. The van der Waals surface area contributed by atoms with Gasteiger partial charge >= 0.3 is 0 Å². The van der Waals surface area contributed by atoms with E-state index in [4.69, 9.17) is 10.2 Å². The standard InChI is InChI=1S/C22H32N4O2/c1-3-4-5-6-7-8-9-10-21-24-19-17-18(12-14-22(27)25-28)11-13-20(19)26(21)16-15-23-2/h7-8,11-14,17,23,28H,3-6,9-10,15-16H2,1-2H3,(H,25,27)/b8-7?,14-12+. The molecule has 0 aliphatic rings. The second kappa shape index (κ2) is 12.1. The van der Waals surface area contributed by atoms with Crippen LogP contribution in [0.5, 0.6) is 0 Å². The molecule has 0 atom stereocenters. The summed E-state index contributed by atoms with van der Waals surface area (Å²) in [6, 6.07) is 5.97. The molecule has 0 aliphatic heterocycles. The van der Waals surface area contributed by atoms with Gasteiger partial charge in [0.2, 0.25) is 0 Å². The number of benzene rings is 1. The van der Waals surface area contributed by atoms with E-state index in [0.29, 0.717) is 0 Å². The van der Waals surface area contributed by atoms with E-state index >= 15 is 0 Å². The highest BCUT2D eigenvalue weighted by Gasteiger charge is 2.10. The Labute approximate surface area is 167 Å². The zero-order chi connectivity index (χ0) is 20.2. The molecule has 6 heteroatoms. The fourth-order valence-electron chi connectivity index (χ4n) is 3.13. The Hall–Kier alpha value is -2.44. The molecule has 1 aromatic heterocycles. The van der Waals surface area contributed by atoms with Gasteiger partial charge in [0.05, 0.1) is 11.0 Å². The van der Waals surface area contributed by atoms with Crippen molar-refractivity contribution in [1.82, 2.24) is 20.3 Å². The topological polar surface area (TPSA) is 79.2 Å². The molecule has 0 fully saturated rings. The highest BCUT2D eigenvalue weighted by Crippen LogP contribution is 2.20. The molecule has 1 aromatic carbocycles. The smallest absolute Gasteiger partial charge is 0.267 e. The van der Waals surface area contributed by atoms with E-state index in [2.05, 4.69) is 29.0 Å². The normalized spacial score (nSPS) is 11.8. The zero-order valence-corrected chi connectivity index (χ0v) is 16.9. The third kappa shape index (κ3) is 6.62. The van der Waals surface area contributed by atoms with Crippen molar-refractivity contribution < 1.29 is 10.0 Å². The van der Waals surface area contributed by atoms with E-state index in [0.717, 1.165) is 54.8 Å². The van der Waals surface area contributed by atoms with Gasteiger partial charge in [0.15, 0.2) is 0 Å². The van der Waals surface area contributed by atoms with Gasteiger partial charge in [-0.2, -0.15) is 0 Å². The van der Waals surface area contributed by atoms with E-state index in [9.17, 15) is 4.79 Å². The molecule has 2 rings (SSSR count). The Morgan fingerprint density at radius 1 is 1.25 bits per heavy atom. The minimum absolute atomic E-state index is 0.550. The first-order chi connectivity index (χ1) is 13.7. The minimum atomic E-state index is -0.550. The first kappa shape index (κ1) is 21.9. The van der Waals surface area contributed by atoms with Crippen molar-refractivity contribution in [3.8, 4) is 0 Å². The van der Waals surface area contributed by atoms with Gasteiger partial charge < -0.3 is 9.88 Å². The Bertz CT molecular complexity index is 808. The molecular formula is C22H32N4O2. The number of hydrogen-bond donors (Lipinski definition) is 3. The minimum Gasteiger partial charge on any atom is -0.327 e. The molecule has 28 heavy (non-hydrogen) atoms. The van der Waals surface area contributed by atoms with Crippen LogP contribution in [-0.2, 0) is 17.8 Å². The van der Waals surface area contributed by atoms with Crippen molar-refractivity contribution in [2.45, 2.75) is 52.0 Å². The second-order valence-electron chi connectivity index (χ2n) is 6.85. The molecule has 3 N–H and O–H groups in total. The number of nitrogens with zero attached hydrogens (tertiary/aromatic N) is 2. The lowest BCUT2D eigenvalue weighted by molar-refractivity contribution is -0.124. The van der Waals surface area contributed by atoms with Gasteiger partial charge in [-0.3, -0.25) is 10.0 Å². The number of unbranched alkanes of at least 4 members (excludes halogenated alkanes) is 3. The predicted octanol–water partition coefficient (Wildman–Crippen LogP) is 3.84. The molecule has 1 amide bonds. The summed E-state index contributed by atoms with van der Waals surface area (Å²) in [5.41, 5.74) is 4.49.